The molecule has 0 aromatic carbocycles. The van der Waals surface area contributed by atoms with E-state index >= 15 is 0 Å². The number of nitrogens with zero attached hydrogens (tertiary/aromatic N) is 2. The van der Waals surface area contributed by atoms with E-state index in [2.05, 4.69) is 15.4 Å². The predicted octanol–water partition coefficient (Wildman–Crippen LogP) is 3.28. The quantitative estimate of drug-likeness (QED) is 0.906. The van der Waals surface area contributed by atoms with Gasteiger partial charge in [0, 0.05) is 11.8 Å². The van der Waals surface area contributed by atoms with Gasteiger partial charge in [-0.1, -0.05) is 11.6 Å². The molecule has 0 spiro atoms. The van der Waals surface area contributed by atoms with Gasteiger partial charge in [-0.2, -0.15) is 18.3 Å². The van der Waals surface area contributed by atoms with E-state index in [1.165, 1.54) is 13.1 Å². The predicted molar refractivity (Wildman–Crippen MR) is 73.5 cm³/mol. The maximum absolute atomic E-state index is 12.7. The van der Waals surface area contributed by atoms with Crippen LogP contribution in [-0.2, 0) is 6.18 Å². The number of aromatic nitrogens is 3. The minimum atomic E-state index is -4.58. The van der Waals surface area contributed by atoms with Crippen molar-refractivity contribution in [3.05, 3.63) is 46.0 Å². The molecule has 9 heteroatoms. The highest BCUT2D eigenvalue weighted by molar-refractivity contribution is 6.30. The van der Waals surface area contributed by atoms with Gasteiger partial charge in [-0.05, 0) is 26.0 Å². The molecule has 5 nitrogen and oxygen atoms in total. The normalized spacial score (nSPS) is 13.0. The Kier molecular flexibility index (Phi) is 4.41. The van der Waals surface area contributed by atoms with Gasteiger partial charge in [0.05, 0.1) is 16.8 Å². The van der Waals surface area contributed by atoms with Gasteiger partial charge in [0.15, 0.2) is 5.69 Å². The third-order valence-corrected chi connectivity index (χ3v) is 3.27. The van der Waals surface area contributed by atoms with E-state index in [4.69, 9.17) is 11.6 Å². The first kappa shape index (κ1) is 16.3. The zero-order valence-corrected chi connectivity index (χ0v) is 12.4. The van der Waals surface area contributed by atoms with Gasteiger partial charge in [-0.3, -0.25) is 14.9 Å². The van der Waals surface area contributed by atoms with Crippen LogP contribution in [-0.4, -0.2) is 21.1 Å². The van der Waals surface area contributed by atoms with Crippen LogP contribution in [0.4, 0.5) is 13.2 Å². The number of hydrogen-bond donors (Lipinski definition) is 2. The fourth-order valence-corrected chi connectivity index (χ4v) is 1.99. The number of carbonyl (C=O) groups excluding carboxylic acids is 1. The van der Waals surface area contributed by atoms with Crippen molar-refractivity contribution in [3.63, 3.8) is 0 Å². The standard InChI is InChI=1S/C13H12ClF3N4O/c1-6-10(20-21-11(6)13(15,16)17)12(22)19-7(2)9-4-3-8(14)5-18-9/h3-5,7H,1-2H3,(H,19,22)(H,20,21)/t7-/m0/s1. The second kappa shape index (κ2) is 5.96. The number of alkyl halides is 3. The van der Waals surface area contributed by atoms with E-state index in [0.29, 0.717) is 10.7 Å². The van der Waals surface area contributed by atoms with Crippen LogP contribution in [0.2, 0.25) is 5.02 Å². The Bertz CT molecular complexity index is 682. The molecule has 22 heavy (non-hydrogen) atoms. The Morgan fingerprint density at radius 3 is 2.59 bits per heavy atom. The smallest absolute Gasteiger partial charge is 0.343 e. The van der Waals surface area contributed by atoms with Gasteiger partial charge in [-0.25, -0.2) is 0 Å². The molecule has 2 rings (SSSR count). The number of nitrogens with one attached hydrogen (secondary N) is 2. The number of rotatable bonds is 3. The summed E-state index contributed by atoms with van der Waals surface area (Å²) in [6.45, 7) is 2.84. The van der Waals surface area contributed by atoms with Crippen molar-refractivity contribution in [2.75, 3.05) is 0 Å². The number of halogens is 4. The van der Waals surface area contributed by atoms with Crippen molar-refractivity contribution < 1.29 is 18.0 Å². The van der Waals surface area contributed by atoms with Crippen molar-refractivity contribution in [1.29, 1.82) is 0 Å². The molecule has 0 unspecified atom stereocenters. The molecule has 0 aliphatic rings. The molecule has 0 aliphatic carbocycles. The third kappa shape index (κ3) is 3.38. The SMILES string of the molecule is Cc1c(C(=O)N[C@@H](C)c2ccc(Cl)cn2)n[nH]c1C(F)(F)F. The van der Waals surface area contributed by atoms with Gasteiger partial charge in [0.2, 0.25) is 0 Å². The molecule has 0 fully saturated rings. The minimum Gasteiger partial charge on any atom is -0.343 e. The summed E-state index contributed by atoms with van der Waals surface area (Å²) in [6.07, 6.45) is -3.17. The lowest BCUT2D eigenvalue weighted by Crippen LogP contribution is -2.28. The first-order chi connectivity index (χ1) is 10.2. The molecule has 2 N–H and O–H groups in total. The third-order valence-electron chi connectivity index (χ3n) is 3.05. The lowest BCUT2D eigenvalue weighted by atomic mass is 10.1. The Morgan fingerprint density at radius 2 is 2.09 bits per heavy atom. The molecule has 118 valence electrons. The van der Waals surface area contributed by atoms with Gasteiger partial charge in [0.1, 0.15) is 5.69 Å². The van der Waals surface area contributed by atoms with Crippen LogP contribution >= 0.6 is 11.6 Å². The summed E-state index contributed by atoms with van der Waals surface area (Å²) >= 11 is 5.71. The van der Waals surface area contributed by atoms with Crippen molar-refractivity contribution >= 4 is 17.5 Å². The fourth-order valence-electron chi connectivity index (χ4n) is 1.88. The number of amides is 1. The maximum atomic E-state index is 12.7. The summed E-state index contributed by atoms with van der Waals surface area (Å²) in [5.74, 6) is -0.714. The first-order valence-electron chi connectivity index (χ1n) is 6.24. The summed E-state index contributed by atoms with van der Waals surface area (Å²) in [5.41, 5.74) is -1.05. The molecule has 0 saturated carbocycles. The average Bonchev–Trinajstić information content (AvgIpc) is 2.81. The number of hydrogen-bond acceptors (Lipinski definition) is 3. The largest absolute Gasteiger partial charge is 0.433 e. The number of carbonyl (C=O) groups is 1. The van der Waals surface area contributed by atoms with E-state index in [-0.39, 0.29) is 11.3 Å². The molecule has 2 aromatic rings. The summed E-state index contributed by atoms with van der Waals surface area (Å²) in [7, 11) is 0. The van der Waals surface area contributed by atoms with E-state index in [1.54, 1.807) is 19.1 Å². The Hall–Kier alpha value is -2.09. The van der Waals surface area contributed by atoms with Crippen LogP contribution in [0.25, 0.3) is 0 Å². The van der Waals surface area contributed by atoms with Gasteiger partial charge >= 0.3 is 6.18 Å². The summed E-state index contributed by atoms with van der Waals surface area (Å²) < 4.78 is 38.0. The lowest BCUT2D eigenvalue weighted by molar-refractivity contribution is -0.141. The minimum absolute atomic E-state index is 0.249. The van der Waals surface area contributed by atoms with Crippen LogP contribution in [0.1, 0.15) is 40.4 Å². The second-order valence-electron chi connectivity index (χ2n) is 4.67. The highest BCUT2D eigenvalue weighted by Gasteiger charge is 2.37. The molecule has 2 heterocycles. The average molecular weight is 333 g/mol. The zero-order valence-electron chi connectivity index (χ0n) is 11.6. The molecule has 1 amide bonds. The van der Waals surface area contributed by atoms with Crippen LogP contribution in [0.3, 0.4) is 0 Å². The lowest BCUT2D eigenvalue weighted by Gasteiger charge is -2.13. The van der Waals surface area contributed by atoms with E-state index in [0.717, 1.165) is 0 Å². The second-order valence-corrected chi connectivity index (χ2v) is 5.10. The Morgan fingerprint density at radius 1 is 1.41 bits per heavy atom. The molecule has 0 radical (unpaired) electrons. The molecular weight excluding hydrogens is 321 g/mol. The molecular formula is C13H12ClF3N4O. The summed E-state index contributed by atoms with van der Waals surface area (Å²) in [5, 5.41) is 8.28. The topological polar surface area (TPSA) is 70.7 Å². The van der Waals surface area contributed by atoms with E-state index < -0.39 is 23.8 Å². The van der Waals surface area contributed by atoms with Crippen LogP contribution in [0.5, 0.6) is 0 Å². The van der Waals surface area contributed by atoms with E-state index in [1.807, 2.05) is 5.10 Å². The van der Waals surface area contributed by atoms with Gasteiger partial charge in [0.25, 0.3) is 5.91 Å². The van der Waals surface area contributed by atoms with Crippen LogP contribution < -0.4 is 5.32 Å². The number of aromatic amines is 1. The summed E-state index contributed by atoms with van der Waals surface area (Å²) in [6, 6.07) is 2.72. The van der Waals surface area contributed by atoms with Gasteiger partial charge < -0.3 is 5.32 Å². The number of pyridine rings is 1. The highest BCUT2D eigenvalue weighted by Crippen LogP contribution is 2.31. The van der Waals surface area contributed by atoms with E-state index in [9.17, 15) is 18.0 Å². The molecule has 0 aliphatic heterocycles. The summed E-state index contributed by atoms with van der Waals surface area (Å²) in [4.78, 5) is 16.1. The fraction of sp³-hybridized carbons (Fsp3) is 0.308. The van der Waals surface area contributed by atoms with Crippen molar-refractivity contribution in [2.24, 2.45) is 0 Å². The molecule has 0 bridgehead atoms. The molecule has 2 aromatic heterocycles. The zero-order chi connectivity index (χ0) is 16.5. The van der Waals surface area contributed by atoms with Crippen LogP contribution in [0, 0.1) is 6.92 Å². The van der Waals surface area contributed by atoms with Crippen LogP contribution in [0.15, 0.2) is 18.3 Å². The Labute approximate surface area is 128 Å². The van der Waals surface area contributed by atoms with Crippen molar-refractivity contribution in [3.8, 4) is 0 Å². The molecule has 1 atom stereocenters. The number of H-pyrrole nitrogens is 1. The van der Waals surface area contributed by atoms with Crippen molar-refractivity contribution in [1.82, 2.24) is 20.5 Å². The molecule has 0 saturated heterocycles. The monoisotopic (exact) mass is 332 g/mol. The Balaban J connectivity index is 2.16. The maximum Gasteiger partial charge on any atom is 0.433 e. The first-order valence-corrected chi connectivity index (χ1v) is 6.62. The van der Waals surface area contributed by atoms with Gasteiger partial charge in [-0.15, -0.1) is 0 Å². The highest BCUT2D eigenvalue weighted by atomic mass is 35.5. The van der Waals surface area contributed by atoms with Crippen molar-refractivity contribution in [2.45, 2.75) is 26.1 Å².